The number of rotatable bonds is 2. The number of aromatic hydroxyl groups is 2. The fourth-order valence-corrected chi connectivity index (χ4v) is 6.17. The van der Waals surface area contributed by atoms with Crippen LogP contribution >= 0.6 is 0 Å². The summed E-state index contributed by atoms with van der Waals surface area (Å²) in [5.74, 6) is 2.64. The molecule has 0 amide bonds. The van der Waals surface area contributed by atoms with Gasteiger partial charge < -0.3 is 29.2 Å². The summed E-state index contributed by atoms with van der Waals surface area (Å²) in [4.78, 5) is 7.03. The van der Waals surface area contributed by atoms with E-state index >= 15 is 0 Å². The molecule has 1 aromatic heterocycles. The number of nitrogens with zero attached hydrogens (tertiary/aromatic N) is 2. The number of aromatic nitrogens is 1. The molecular formula is C35H32N2O6. The molecular weight excluding hydrogens is 544 g/mol. The fourth-order valence-electron chi connectivity index (χ4n) is 6.17. The normalized spacial score (nSPS) is 16.1. The molecule has 0 radical (unpaired) electrons. The zero-order valence-electron chi connectivity index (χ0n) is 24.3. The van der Waals surface area contributed by atoms with Gasteiger partial charge >= 0.3 is 0 Å². The molecule has 8 rings (SSSR count). The predicted molar refractivity (Wildman–Crippen MR) is 163 cm³/mol. The van der Waals surface area contributed by atoms with Crippen molar-refractivity contribution in [1.82, 2.24) is 9.88 Å². The van der Waals surface area contributed by atoms with Crippen molar-refractivity contribution in [3.63, 3.8) is 0 Å². The summed E-state index contributed by atoms with van der Waals surface area (Å²) < 4.78 is 24.2. The van der Waals surface area contributed by atoms with E-state index in [1.165, 1.54) is 12.7 Å². The van der Waals surface area contributed by atoms with Crippen LogP contribution < -0.4 is 18.9 Å². The molecule has 0 saturated heterocycles. The SMILES string of the molecule is COc1cc2c3cc1Oc1c(O)c(OC)cc4ccnc(c14)Cc1ccc(cc1)Oc1cc(ccc1O)C[C@H]3N(C)CC2. The Hall–Kier alpha value is -4.95. The first-order valence-corrected chi connectivity index (χ1v) is 14.3. The van der Waals surface area contributed by atoms with E-state index in [9.17, 15) is 10.2 Å². The van der Waals surface area contributed by atoms with E-state index in [4.69, 9.17) is 23.9 Å². The molecule has 0 saturated carbocycles. The quantitative estimate of drug-likeness (QED) is 0.234. The summed E-state index contributed by atoms with van der Waals surface area (Å²) in [6.07, 6.45) is 3.78. The lowest BCUT2D eigenvalue weighted by atomic mass is 9.88. The molecule has 3 aliphatic heterocycles. The Labute approximate surface area is 249 Å². The van der Waals surface area contributed by atoms with E-state index in [1.807, 2.05) is 54.6 Å². The van der Waals surface area contributed by atoms with Crippen molar-refractivity contribution in [2.45, 2.75) is 25.3 Å². The number of methoxy groups -OCH3 is 2. The molecule has 4 heterocycles. The molecule has 0 unspecified atom stereocenters. The highest BCUT2D eigenvalue weighted by molar-refractivity contribution is 5.95. The number of pyridine rings is 1. The molecule has 4 aromatic carbocycles. The van der Waals surface area contributed by atoms with Crippen molar-refractivity contribution in [3.8, 4) is 46.0 Å². The minimum absolute atomic E-state index is 0.0282. The van der Waals surface area contributed by atoms with Crippen LogP contribution in [-0.2, 0) is 19.3 Å². The molecule has 2 N–H and O–H groups in total. The molecule has 1 atom stereocenters. The second-order valence-corrected chi connectivity index (χ2v) is 11.1. The molecule has 0 spiro atoms. The number of benzene rings is 4. The first-order valence-electron chi connectivity index (χ1n) is 14.3. The van der Waals surface area contributed by atoms with E-state index in [1.54, 1.807) is 25.4 Å². The third-order valence-corrected chi connectivity index (χ3v) is 8.48. The zero-order valence-corrected chi connectivity index (χ0v) is 24.3. The molecule has 3 aliphatic rings. The molecule has 8 heteroatoms. The number of phenolic OH excluding ortho intramolecular Hbond substituents is 2. The summed E-state index contributed by atoms with van der Waals surface area (Å²) in [5, 5.41) is 23.6. The smallest absolute Gasteiger partial charge is 0.202 e. The Kier molecular flexibility index (Phi) is 6.70. The van der Waals surface area contributed by atoms with Crippen LogP contribution in [0.15, 0.2) is 72.9 Å². The van der Waals surface area contributed by atoms with Crippen LogP contribution in [0.4, 0.5) is 0 Å². The van der Waals surface area contributed by atoms with Crippen LogP contribution in [0.5, 0.6) is 46.0 Å². The summed E-state index contributed by atoms with van der Waals surface area (Å²) in [6.45, 7) is 0.880. The van der Waals surface area contributed by atoms with Crippen molar-refractivity contribution in [3.05, 3.63) is 101 Å². The number of fused-ring (bicyclic) bond motifs is 2. The average Bonchev–Trinajstić information content (AvgIpc) is 3.01. The van der Waals surface area contributed by atoms with E-state index < -0.39 is 0 Å². The summed E-state index contributed by atoms with van der Waals surface area (Å²) >= 11 is 0. The Morgan fingerprint density at radius 3 is 2.44 bits per heavy atom. The van der Waals surface area contributed by atoms with Gasteiger partial charge in [-0.05, 0) is 96.1 Å². The number of ether oxygens (including phenoxy) is 4. The van der Waals surface area contributed by atoms with E-state index in [2.05, 4.69) is 11.9 Å². The van der Waals surface area contributed by atoms with Gasteiger partial charge in [0.05, 0.1) is 25.3 Å². The van der Waals surface area contributed by atoms with Crippen molar-refractivity contribution < 1.29 is 29.2 Å². The first kappa shape index (κ1) is 26.9. The van der Waals surface area contributed by atoms with Crippen molar-refractivity contribution in [1.29, 1.82) is 0 Å². The van der Waals surface area contributed by atoms with Crippen LogP contribution in [-0.4, -0.2) is 47.9 Å². The largest absolute Gasteiger partial charge is 0.504 e. The monoisotopic (exact) mass is 576 g/mol. The van der Waals surface area contributed by atoms with Crippen molar-refractivity contribution in [2.24, 2.45) is 0 Å². The van der Waals surface area contributed by atoms with Crippen LogP contribution in [0, 0.1) is 0 Å². The van der Waals surface area contributed by atoms with Gasteiger partial charge in [-0.15, -0.1) is 0 Å². The molecule has 8 nitrogen and oxygen atoms in total. The number of phenols is 2. The first-order chi connectivity index (χ1) is 20.9. The van der Waals surface area contributed by atoms with Crippen LogP contribution in [0.1, 0.15) is 34.0 Å². The highest BCUT2D eigenvalue weighted by atomic mass is 16.5. The number of hydrogen-bond acceptors (Lipinski definition) is 8. The second kappa shape index (κ2) is 10.7. The molecule has 5 aromatic rings. The van der Waals surface area contributed by atoms with Gasteiger partial charge in [-0.2, -0.15) is 0 Å². The van der Waals surface area contributed by atoms with Crippen LogP contribution in [0.25, 0.3) is 10.8 Å². The van der Waals surface area contributed by atoms with Crippen LogP contribution in [0.2, 0.25) is 0 Å². The van der Waals surface area contributed by atoms with E-state index in [-0.39, 0.29) is 23.3 Å². The third-order valence-electron chi connectivity index (χ3n) is 8.48. The summed E-state index contributed by atoms with van der Waals surface area (Å²) in [7, 11) is 5.26. The third kappa shape index (κ3) is 4.83. The topological polar surface area (TPSA) is 93.5 Å². The maximum absolute atomic E-state index is 11.4. The van der Waals surface area contributed by atoms with Gasteiger partial charge in [0.2, 0.25) is 5.75 Å². The van der Waals surface area contributed by atoms with E-state index in [0.717, 1.165) is 40.7 Å². The number of likely N-dealkylation sites (N-methyl/N-ethyl adjacent to an activating group) is 1. The van der Waals surface area contributed by atoms with E-state index in [0.29, 0.717) is 47.0 Å². The Morgan fingerprint density at radius 1 is 0.860 bits per heavy atom. The Balaban J connectivity index is 1.48. The van der Waals surface area contributed by atoms with Gasteiger partial charge in [-0.3, -0.25) is 9.88 Å². The second-order valence-electron chi connectivity index (χ2n) is 11.1. The molecule has 218 valence electrons. The fraction of sp³-hybridized carbons (Fsp3) is 0.229. The lowest BCUT2D eigenvalue weighted by molar-refractivity contribution is 0.228. The van der Waals surface area contributed by atoms with Gasteiger partial charge in [0.15, 0.2) is 34.5 Å². The lowest BCUT2D eigenvalue weighted by Gasteiger charge is -2.35. The predicted octanol–water partition coefficient (Wildman–Crippen LogP) is 6.92. The van der Waals surface area contributed by atoms with Gasteiger partial charge in [0.1, 0.15) is 5.75 Å². The maximum atomic E-state index is 11.4. The minimum Gasteiger partial charge on any atom is -0.504 e. The molecule has 0 fully saturated rings. The Bertz CT molecular complexity index is 1850. The maximum Gasteiger partial charge on any atom is 0.202 e. The lowest BCUT2D eigenvalue weighted by Crippen LogP contribution is -2.33. The zero-order chi connectivity index (χ0) is 29.7. The number of hydrogen-bond donors (Lipinski definition) is 2. The standard InChI is InChI=1S/C35H32N2O6/c1-37-13-11-22-17-30(40-2)31-19-25(22)27(37)15-21-6-9-28(38)29(16-21)42-24-7-4-20(5-8-24)14-26-33-23(10-12-36-26)18-32(41-3)34(39)35(33)43-31/h4-10,12,16-19,27,38-39H,11,13-15H2,1-3H3/t27-/m1/s1. The Morgan fingerprint density at radius 2 is 1.65 bits per heavy atom. The van der Waals surface area contributed by atoms with Crippen molar-refractivity contribution in [2.75, 3.05) is 27.8 Å². The molecule has 6 bridgehead atoms. The van der Waals surface area contributed by atoms with Gasteiger partial charge in [0, 0.05) is 25.2 Å². The highest BCUT2D eigenvalue weighted by Gasteiger charge is 2.29. The summed E-state index contributed by atoms with van der Waals surface area (Å²) in [6, 6.07) is 21.0. The van der Waals surface area contributed by atoms with Crippen LogP contribution in [0.3, 0.4) is 0 Å². The minimum atomic E-state index is -0.104. The average molecular weight is 577 g/mol. The summed E-state index contributed by atoms with van der Waals surface area (Å²) in [5.41, 5.74) is 5.05. The van der Waals surface area contributed by atoms with Crippen molar-refractivity contribution >= 4 is 10.8 Å². The highest BCUT2D eigenvalue weighted by Crippen LogP contribution is 2.49. The molecule has 0 aliphatic carbocycles. The molecule has 43 heavy (non-hydrogen) atoms. The van der Waals surface area contributed by atoms with Gasteiger partial charge in [0.25, 0.3) is 0 Å². The van der Waals surface area contributed by atoms with Gasteiger partial charge in [-0.1, -0.05) is 18.2 Å². The van der Waals surface area contributed by atoms with Gasteiger partial charge in [-0.25, -0.2) is 0 Å².